The molecule has 1 N–H and O–H groups in total. The van der Waals surface area contributed by atoms with Gasteiger partial charge in [-0.05, 0) is 63.3 Å². The van der Waals surface area contributed by atoms with Crippen molar-refractivity contribution in [3.63, 3.8) is 0 Å². The van der Waals surface area contributed by atoms with Gasteiger partial charge in [-0.15, -0.1) is 0 Å². The van der Waals surface area contributed by atoms with E-state index >= 15 is 0 Å². The maximum Gasteiger partial charge on any atom is 0.231 e. The van der Waals surface area contributed by atoms with Gasteiger partial charge in [0.25, 0.3) is 0 Å². The van der Waals surface area contributed by atoms with Crippen molar-refractivity contribution in [3.8, 4) is 0 Å². The van der Waals surface area contributed by atoms with Gasteiger partial charge in [0.15, 0.2) is 11.5 Å². The minimum Gasteiger partial charge on any atom is -0.454 e. The van der Waals surface area contributed by atoms with Crippen molar-refractivity contribution < 1.29 is 9.47 Å². The van der Waals surface area contributed by atoms with Gasteiger partial charge in [-0.1, -0.05) is 25.3 Å². The fourth-order valence-corrected chi connectivity index (χ4v) is 3.46. The lowest BCUT2D eigenvalue weighted by molar-refractivity contribution is 0.0970. The first-order chi connectivity index (χ1) is 13.7. The third-order valence-electron chi connectivity index (χ3n) is 5.06. The number of likely N-dealkylation sites (tertiary alicyclic amines) is 1. The predicted octanol–water partition coefficient (Wildman–Crippen LogP) is 4.33. The number of allylic oxidation sites excluding steroid dienone is 3. The molecule has 2 fully saturated rings. The van der Waals surface area contributed by atoms with Crippen LogP contribution in [0.3, 0.4) is 0 Å². The fourth-order valence-electron chi connectivity index (χ4n) is 3.46. The van der Waals surface area contributed by atoms with Gasteiger partial charge in [0, 0.05) is 32.3 Å². The summed E-state index contributed by atoms with van der Waals surface area (Å²) in [5, 5.41) is 3.47. The number of nitrogens with zero attached hydrogens (tertiary/aromatic N) is 2. The summed E-state index contributed by atoms with van der Waals surface area (Å²) in [6.45, 7) is 13.9. The zero-order chi connectivity index (χ0) is 20.2. The Kier molecular flexibility index (Phi) is 9.63. The molecule has 0 amide bonds. The van der Waals surface area contributed by atoms with E-state index in [4.69, 9.17) is 9.47 Å². The van der Waals surface area contributed by atoms with Crippen LogP contribution < -0.4 is 5.32 Å². The second kappa shape index (κ2) is 12.2. The summed E-state index contributed by atoms with van der Waals surface area (Å²) in [5.41, 5.74) is 2.26. The summed E-state index contributed by atoms with van der Waals surface area (Å²) in [6, 6.07) is 0. The number of hydrogen-bond acceptors (Lipinski definition) is 4. The van der Waals surface area contributed by atoms with Crippen LogP contribution in [-0.4, -0.2) is 50.8 Å². The molecule has 2 aliphatic rings. The first kappa shape index (κ1) is 22.0. The highest BCUT2D eigenvalue weighted by molar-refractivity contribution is 5.93. The summed E-state index contributed by atoms with van der Waals surface area (Å²) < 4.78 is 11.0. The standard InChI is InChI=1S/C23H35N3O2/c1-5-19(16-22(24-4)26-14-9-8-10-15-26)12-11-13-25-17-20(6-2)23-21(7-3)27-18-28-23/h5-7,16,25H,1-2,8-15,17-18H2,3-4H3/b19-16+,21-7+,23-20-,24-22?. The van der Waals surface area contributed by atoms with Crippen LogP contribution in [0.25, 0.3) is 0 Å². The van der Waals surface area contributed by atoms with E-state index in [9.17, 15) is 0 Å². The van der Waals surface area contributed by atoms with Gasteiger partial charge < -0.3 is 19.7 Å². The Hall–Kier alpha value is -2.27. The summed E-state index contributed by atoms with van der Waals surface area (Å²) in [6.07, 6.45) is 13.7. The van der Waals surface area contributed by atoms with Crippen LogP contribution in [0.1, 0.15) is 39.0 Å². The van der Waals surface area contributed by atoms with Gasteiger partial charge in [-0.25, -0.2) is 0 Å². The quantitative estimate of drug-likeness (QED) is 0.278. The molecule has 0 aromatic carbocycles. The van der Waals surface area contributed by atoms with Crippen molar-refractivity contribution in [1.82, 2.24) is 10.2 Å². The van der Waals surface area contributed by atoms with Gasteiger partial charge in [-0.2, -0.15) is 0 Å². The minimum atomic E-state index is 0.276. The zero-order valence-corrected chi connectivity index (χ0v) is 17.5. The highest BCUT2D eigenvalue weighted by Gasteiger charge is 2.19. The lowest BCUT2D eigenvalue weighted by Crippen LogP contribution is -2.34. The number of amidine groups is 1. The number of rotatable bonds is 9. The maximum atomic E-state index is 5.57. The average molecular weight is 386 g/mol. The average Bonchev–Trinajstić information content (AvgIpc) is 3.22. The van der Waals surface area contributed by atoms with Crippen LogP contribution in [0.4, 0.5) is 0 Å². The van der Waals surface area contributed by atoms with Crippen molar-refractivity contribution in [1.29, 1.82) is 0 Å². The third kappa shape index (κ3) is 6.41. The molecule has 0 aromatic heterocycles. The second-order valence-corrected chi connectivity index (χ2v) is 6.95. The smallest absolute Gasteiger partial charge is 0.231 e. The van der Waals surface area contributed by atoms with Gasteiger partial charge in [-0.3, -0.25) is 4.99 Å². The first-order valence-corrected chi connectivity index (χ1v) is 10.3. The largest absolute Gasteiger partial charge is 0.454 e. The summed E-state index contributed by atoms with van der Waals surface area (Å²) in [5.74, 6) is 2.66. The van der Waals surface area contributed by atoms with E-state index in [0.29, 0.717) is 6.54 Å². The molecule has 2 heterocycles. The Labute approximate surface area is 170 Å². The molecular formula is C23H35N3O2. The molecule has 0 unspecified atom stereocenters. The zero-order valence-electron chi connectivity index (χ0n) is 17.5. The number of ether oxygens (including phenoxy) is 2. The molecule has 5 nitrogen and oxygen atoms in total. The Morgan fingerprint density at radius 1 is 1.18 bits per heavy atom. The molecule has 0 aliphatic carbocycles. The number of nitrogens with one attached hydrogen (secondary N) is 1. The Morgan fingerprint density at radius 3 is 2.61 bits per heavy atom. The van der Waals surface area contributed by atoms with Gasteiger partial charge >= 0.3 is 0 Å². The van der Waals surface area contributed by atoms with E-state index < -0.39 is 0 Å². The van der Waals surface area contributed by atoms with E-state index in [0.717, 1.165) is 55.4 Å². The second-order valence-electron chi connectivity index (χ2n) is 6.95. The molecule has 2 rings (SSSR count). The molecular weight excluding hydrogens is 350 g/mol. The summed E-state index contributed by atoms with van der Waals surface area (Å²) >= 11 is 0. The first-order valence-electron chi connectivity index (χ1n) is 10.3. The van der Waals surface area contributed by atoms with Crippen molar-refractivity contribution in [2.75, 3.05) is 40.0 Å². The highest BCUT2D eigenvalue weighted by atomic mass is 16.7. The molecule has 5 heteroatoms. The van der Waals surface area contributed by atoms with Crippen LogP contribution in [-0.2, 0) is 9.47 Å². The van der Waals surface area contributed by atoms with Crippen molar-refractivity contribution in [2.45, 2.75) is 39.0 Å². The number of piperidine rings is 1. The summed E-state index contributed by atoms with van der Waals surface area (Å²) in [7, 11) is 1.88. The molecule has 0 aromatic rings. The van der Waals surface area contributed by atoms with Crippen LogP contribution in [0.15, 0.2) is 65.1 Å². The molecule has 0 radical (unpaired) electrons. The monoisotopic (exact) mass is 385 g/mol. The third-order valence-corrected chi connectivity index (χ3v) is 5.06. The van der Waals surface area contributed by atoms with E-state index in [1.54, 1.807) is 0 Å². The lowest BCUT2D eigenvalue weighted by Gasteiger charge is -2.28. The van der Waals surface area contributed by atoms with Gasteiger partial charge in [0.05, 0.1) is 0 Å². The molecule has 0 spiro atoms. The minimum absolute atomic E-state index is 0.276. The predicted molar refractivity (Wildman–Crippen MR) is 117 cm³/mol. The van der Waals surface area contributed by atoms with Gasteiger partial charge in [0.2, 0.25) is 6.79 Å². The molecule has 0 bridgehead atoms. The molecule has 28 heavy (non-hydrogen) atoms. The molecule has 0 saturated carbocycles. The number of aliphatic imine (C=N–C) groups is 1. The lowest BCUT2D eigenvalue weighted by atomic mass is 10.1. The normalized spacial score (nSPS) is 21.4. The Morgan fingerprint density at radius 2 is 1.96 bits per heavy atom. The van der Waals surface area contributed by atoms with Crippen molar-refractivity contribution in [2.24, 2.45) is 4.99 Å². The van der Waals surface area contributed by atoms with Crippen LogP contribution in [0, 0.1) is 0 Å². The van der Waals surface area contributed by atoms with E-state index in [1.807, 2.05) is 32.2 Å². The fraction of sp³-hybridized carbons (Fsp3) is 0.522. The van der Waals surface area contributed by atoms with Crippen molar-refractivity contribution in [3.05, 3.63) is 60.1 Å². The maximum absolute atomic E-state index is 5.57. The van der Waals surface area contributed by atoms with Crippen LogP contribution in [0.5, 0.6) is 0 Å². The summed E-state index contributed by atoms with van der Waals surface area (Å²) in [4.78, 5) is 6.88. The molecule has 0 atom stereocenters. The SMILES string of the molecule is C=C/C(=C\C(=NC)N1CCCCC1)CCCNC/C(C=C)=C1\OCO\C1=C\C. The topological polar surface area (TPSA) is 46.1 Å². The highest BCUT2D eigenvalue weighted by Crippen LogP contribution is 2.24. The van der Waals surface area contributed by atoms with E-state index in [1.165, 1.54) is 24.8 Å². The molecule has 154 valence electrons. The number of hydrogen-bond donors (Lipinski definition) is 1. The van der Waals surface area contributed by atoms with E-state index in [-0.39, 0.29) is 6.79 Å². The van der Waals surface area contributed by atoms with Crippen LogP contribution >= 0.6 is 0 Å². The molecule has 2 aliphatic heterocycles. The van der Waals surface area contributed by atoms with Gasteiger partial charge in [0.1, 0.15) is 5.84 Å². The van der Waals surface area contributed by atoms with E-state index in [2.05, 4.69) is 34.4 Å². The Bertz CT molecular complexity index is 653. The van der Waals surface area contributed by atoms with Crippen LogP contribution in [0.2, 0.25) is 0 Å². The Balaban J connectivity index is 1.81. The molecule has 2 saturated heterocycles. The van der Waals surface area contributed by atoms with Crippen molar-refractivity contribution >= 4 is 5.84 Å².